The van der Waals surface area contributed by atoms with Gasteiger partial charge in [0.05, 0.1) is 18.1 Å². The predicted molar refractivity (Wildman–Crippen MR) is 140 cm³/mol. The Balaban J connectivity index is 1.44. The molecule has 0 radical (unpaired) electrons. The second-order valence-corrected chi connectivity index (χ2v) is 13.9. The van der Waals surface area contributed by atoms with Crippen molar-refractivity contribution in [1.82, 2.24) is 4.90 Å². The van der Waals surface area contributed by atoms with Crippen LogP contribution in [0.5, 0.6) is 0 Å². The first-order valence-corrected chi connectivity index (χ1v) is 14.4. The smallest absolute Gasteiger partial charge is 0.410 e. The topological polar surface area (TPSA) is 97.7 Å². The van der Waals surface area contributed by atoms with Crippen molar-refractivity contribution in [1.29, 1.82) is 0 Å². The van der Waals surface area contributed by atoms with Gasteiger partial charge in [0.1, 0.15) is 11.7 Å². The Kier molecular flexibility index (Phi) is 6.00. The second-order valence-electron chi connectivity index (χ2n) is 13.9. The molecule has 1 spiro atoms. The van der Waals surface area contributed by atoms with E-state index in [1.165, 1.54) is 0 Å². The highest BCUT2D eigenvalue weighted by Gasteiger charge is 2.77. The van der Waals surface area contributed by atoms with Gasteiger partial charge in [-0.25, -0.2) is 4.79 Å². The maximum Gasteiger partial charge on any atom is 0.410 e. The maximum absolute atomic E-state index is 13.6. The van der Waals surface area contributed by atoms with Crippen LogP contribution >= 0.6 is 0 Å². The molecule has 212 valence electrons. The number of fused-ring (bicyclic) bond motifs is 5. The number of hydrogen-bond acceptors (Lipinski definition) is 7. The van der Waals surface area contributed by atoms with Crippen molar-refractivity contribution in [3.05, 3.63) is 23.3 Å². The highest BCUT2D eigenvalue weighted by atomic mass is 16.7. The number of nitrogens with zero attached hydrogens (tertiary/aromatic N) is 1. The van der Waals surface area contributed by atoms with E-state index in [0.717, 1.165) is 30.4 Å². The Hall–Kier alpha value is -1.45. The molecule has 0 aromatic rings. The molecule has 0 aromatic heterocycles. The fourth-order valence-electron chi connectivity index (χ4n) is 9.01. The average Bonchev–Trinajstić information content (AvgIpc) is 3.36. The predicted octanol–water partition coefficient (Wildman–Crippen LogP) is 3.66. The zero-order valence-corrected chi connectivity index (χ0v) is 23.9. The lowest BCUT2D eigenvalue weighted by atomic mass is 9.58. The van der Waals surface area contributed by atoms with Gasteiger partial charge < -0.3 is 34.1 Å². The van der Waals surface area contributed by atoms with Crippen LogP contribution < -0.4 is 0 Å². The van der Waals surface area contributed by atoms with Crippen LogP contribution in [-0.2, 0) is 18.9 Å². The van der Waals surface area contributed by atoms with E-state index in [9.17, 15) is 15.0 Å². The summed E-state index contributed by atoms with van der Waals surface area (Å²) < 4.78 is 24.3. The van der Waals surface area contributed by atoms with E-state index in [2.05, 4.69) is 26.8 Å². The monoisotopic (exact) mass is 531 g/mol. The van der Waals surface area contributed by atoms with Gasteiger partial charge in [-0.15, -0.1) is 0 Å². The lowest BCUT2D eigenvalue weighted by Crippen LogP contribution is -2.69. The maximum atomic E-state index is 13.6. The molecular formula is C30H45NO7. The molecule has 4 aliphatic carbocycles. The molecule has 2 saturated carbocycles. The third kappa shape index (κ3) is 3.49. The summed E-state index contributed by atoms with van der Waals surface area (Å²) in [5.74, 6) is -0.391. The number of aliphatic hydroxyl groups excluding tert-OH is 1. The molecule has 6 rings (SSSR count). The SMILES string of the molecule is CC1=C[C@]23C(O)[C@@H](C=C4COC(C)(C)O[C@H]4[C@]2(O)[C@H]1OC(=O)N(C)C1CCOCC1)[C@H]1[C@@H](C[C@H]3C)C1(C)C. The van der Waals surface area contributed by atoms with E-state index >= 15 is 0 Å². The van der Waals surface area contributed by atoms with Crippen LogP contribution in [0, 0.1) is 34.5 Å². The van der Waals surface area contributed by atoms with E-state index < -0.39 is 41.2 Å². The molecule has 38 heavy (non-hydrogen) atoms. The summed E-state index contributed by atoms with van der Waals surface area (Å²) >= 11 is 0. The van der Waals surface area contributed by atoms with Gasteiger partial charge >= 0.3 is 6.09 Å². The van der Waals surface area contributed by atoms with Crippen LogP contribution in [-0.4, -0.2) is 83.8 Å². The van der Waals surface area contributed by atoms with Gasteiger partial charge in [-0.3, -0.25) is 0 Å². The highest BCUT2D eigenvalue weighted by molar-refractivity contribution is 5.69. The molecule has 2 aliphatic heterocycles. The van der Waals surface area contributed by atoms with Gasteiger partial charge in [0.15, 0.2) is 11.9 Å². The summed E-state index contributed by atoms with van der Waals surface area (Å²) in [6.45, 7) is 13.8. The third-order valence-corrected chi connectivity index (χ3v) is 11.2. The van der Waals surface area contributed by atoms with E-state index in [0.29, 0.717) is 31.7 Å². The Labute approximate surface area is 226 Å². The van der Waals surface area contributed by atoms with Crippen molar-refractivity contribution in [3.8, 4) is 0 Å². The molecule has 9 atom stereocenters. The first-order valence-electron chi connectivity index (χ1n) is 14.4. The Morgan fingerprint density at radius 2 is 1.87 bits per heavy atom. The Bertz CT molecular complexity index is 1060. The lowest BCUT2D eigenvalue weighted by Gasteiger charge is -2.55. The van der Waals surface area contributed by atoms with Crippen LogP contribution in [0.3, 0.4) is 0 Å². The van der Waals surface area contributed by atoms with Crippen LogP contribution in [0.2, 0.25) is 0 Å². The molecule has 0 aromatic carbocycles. The van der Waals surface area contributed by atoms with Gasteiger partial charge in [0.2, 0.25) is 0 Å². The molecule has 6 aliphatic rings. The van der Waals surface area contributed by atoms with Crippen molar-refractivity contribution >= 4 is 6.09 Å². The summed E-state index contributed by atoms with van der Waals surface area (Å²) in [6.07, 6.45) is 3.47. The molecule has 2 heterocycles. The normalized spacial score (nSPS) is 46.8. The number of rotatable bonds is 2. The molecule has 8 heteroatoms. The Morgan fingerprint density at radius 3 is 2.55 bits per heavy atom. The van der Waals surface area contributed by atoms with Crippen LogP contribution in [0.1, 0.15) is 60.8 Å². The van der Waals surface area contributed by atoms with Crippen molar-refractivity contribution in [2.75, 3.05) is 26.9 Å². The summed E-state index contributed by atoms with van der Waals surface area (Å²) in [6, 6.07) is 0.0227. The molecule has 1 unspecified atom stereocenters. The van der Waals surface area contributed by atoms with E-state index in [1.807, 2.05) is 26.8 Å². The number of aliphatic hydroxyl groups is 2. The summed E-state index contributed by atoms with van der Waals surface area (Å²) in [4.78, 5) is 15.2. The average molecular weight is 532 g/mol. The van der Waals surface area contributed by atoms with Gasteiger partial charge in [0.25, 0.3) is 0 Å². The minimum absolute atomic E-state index is 0.0227. The third-order valence-electron chi connectivity index (χ3n) is 11.2. The Morgan fingerprint density at radius 1 is 1.18 bits per heavy atom. The van der Waals surface area contributed by atoms with Gasteiger partial charge in [-0.1, -0.05) is 32.9 Å². The highest BCUT2D eigenvalue weighted by Crippen LogP contribution is 2.73. The number of carbonyl (C=O) groups is 1. The summed E-state index contributed by atoms with van der Waals surface area (Å²) in [5.41, 5.74) is -1.03. The fraction of sp³-hybridized carbons (Fsp3) is 0.833. The quantitative estimate of drug-likeness (QED) is 0.525. The molecule has 1 amide bonds. The van der Waals surface area contributed by atoms with Crippen LogP contribution in [0.15, 0.2) is 23.3 Å². The van der Waals surface area contributed by atoms with Gasteiger partial charge in [-0.2, -0.15) is 0 Å². The molecular weight excluding hydrogens is 486 g/mol. The molecule has 2 N–H and O–H groups in total. The lowest BCUT2D eigenvalue weighted by molar-refractivity contribution is -0.312. The molecule has 4 fully saturated rings. The van der Waals surface area contributed by atoms with Gasteiger partial charge in [0, 0.05) is 32.2 Å². The molecule has 8 nitrogen and oxygen atoms in total. The van der Waals surface area contributed by atoms with Crippen molar-refractivity contribution in [3.63, 3.8) is 0 Å². The van der Waals surface area contributed by atoms with Crippen LogP contribution in [0.4, 0.5) is 4.79 Å². The first kappa shape index (κ1) is 26.8. The summed E-state index contributed by atoms with van der Waals surface area (Å²) in [5, 5.41) is 25.5. The number of hydrogen-bond donors (Lipinski definition) is 2. The minimum atomic E-state index is -1.69. The minimum Gasteiger partial charge on any atom is -0.438 e. The number of ether oxygens (including phenoxy) is 4. The van der Waals surface area contributed by atoms with Crippen molar-refractivity contribution in [2.45, 2.75) is 96.5 Å². The molecule has 2 bridgehead atoms. The largest absolute Gasteiger partial charge is 0.438 e. The molecule has 2 saturated heterocycles. The van der Waals surface area contributed by atoms with Crippen molar-refractivity contribution in [2.24, 2.45) is 34.5 Å². The second kappa shape index (κ2) is 8.53. The standard InChI is InChI=1S/C30H45NO7/c1-16-14-29-17(2)12-21-22(27(21,3)4)20(23(29)32)13-18-15-36-28(5,6)38-25(18)30(29,34)24(16)37-26(33)31(7)19-8-10-35-11-9-19/h13-14,17,19-25,32,34H,8-12,15H2,1-7H3/t17-,20+,21-,22+,23?,24+,25-,29+,30-/m1/s1. The number of amides is 1. The fourth-order valence-corrected chi connectivity index (χ4v) is 9.01. The number of carbonyl (C=O) groups excluding carboxylic acids is 1. The zero-order valence-electron chi connectivity index (χ0n) is 23.9. The van der Waals surface area contributed by atoms with Crippen molar-refractivity contribution < 1.29 is 34.0 Å². The van der Waals surface area contributed by atoms with E-state index in [4.69, 9.17) is 18.9 Å². The summed E-state index contributed by atoms with van der Waals surface area (Å²) in [7, 11) is 1.76. The van der Waals surface area contributed by atoms with Gasteiger partial charge in [-0.05, 0) is 74.3 Å². The van der Waals surface area contributed by atoms with E-state index in [1.54, 1.807) is 11.9 Å². The first-order chi connectivity index (χ1) is 17.8. The zero-order chi connectivity index (χ0) is 27.4. The van der Waals surface area contributed by atoms with Crippen LogP contribution in [0.25, 0.3) is 0 Å². The van der Waals surface area contributed by atoms with E-state index in [-0.39, 0.29) is 23.3 Å².